The molecule has 0 radical (unpaired) electrons. The summed E-state index contributed by atoms with van der Waals surface area (Å²) in [5, 5.41) is 1.68. The fourth-order valence-corrected chi connectivity index (χ4v) is 3.65. The first kappa shape index (κ1) is 17.1. The average Bonchev–Trinajstić information content (AvgIpc) is 2.93. The molecule has 6 heteroatoms. The largest absolute Gasteiger partial charge is 0.335 e. The van der Waals surface area contributed by atoms with E-state index in [0.717, 1.165) is 32.2 Å². The molecule has 0 atom stereocenters. The smallest absolute Gasteiger partial charge is 0.251 e. The number of aryl methyl sites for hydroxylation is 1. The van der Waals surface area contributed by atoms with Gasteiger partial charge < -0.3 is 9.13 Å². The lowest BCUT2D eigenvalue weighted by Crippen LogP contribution is -2.19. The lowest BCUT2D eigenvalue weighted by molar-refractivity contribution is 0.760. The number of rotatable bonds is 3. The maximum atomic E-state index is 12.6. The minimum atomic E-state index is -0.0533. The van der Waals surface area contributed by atoms with Crippen LogP contribution in [0.4, 0.5) is 0 Å². The Labute approximate surface area is 163 Å². The van der Waals surface area contributed by atoms with Gasteiger partial charge in [0.1, 0.15) is 5.65 Å². The predicted molar refractivity (Wildman–Crippen MR) is 109 cm³/mol. The van der Waals surface area contributed by atoms with E-state index in [1.54, 1.807) is 16.8 Å². The molecular formula is C20H15BrClN3O. The number of fused-ring (bicyclic) bond motifs is 1. The van der Waals surface area contributed by atoms with Gasteiger partial charge in [-0.3, -0.25) is 4.79 Å². The van der Waals surface area contributed by atoms with Gasteiger partial charge in [-0.05, 0) is 51.3 Å². The second-order valence-electron chi connectivity index (χ2n) is 6.19. The lowest BCUT2D eigenvalue weighted by atomic mass is 10.1. The third-order valence-electron chi connectivity index (χ3n) is 4.33. The molecule has 0 aliphatic heterocycles. The lowest BCUT2D eigenvalue weighted by Gasteiger charge is -2.07. The molecule has 0 fully saturated rings. The summed E-state index contributed by atoms with van der Waals surface area (Å²) >= 11 is 9.50. The van der Waals surface area contributed by atoms with Crippen molar-refractivity contribution in [1.82, 2.24) is 14.1 Å². The van der Waals surface area contributed by atoms with E-state index < -0.39 is 0 Å². The monoisotopic (exact) mass is 427 g/mol. The molecule has 130 valence electrons. The van der Waals surface area contributed by atoms with Crippen molar-refractivity contribution in [3.63, 3.8) is 0 Å². The first-order valence-corrected chi connectivity index (χ1v) is 9.24. The molecule has 0 aliphatic carbocycles. The summed E-state index contributed by atoms with van der Waals surface area (Å²) in [6.45, 7) is 0.488. The Morgan fingerprint density at radius 1 is 1.19 bits per heavy atom. The van der Waals surface area contributed by atoms with Gasteiger partial charge in [-0.1, -0.05) is 23.7 Å². The molecule has 0 unspecified atom stereocenters. The van der Waals surface area contributed by atoms with Gasteiger partial charge in [-0.2, -0.15) is 0 Å². The molecule has 3 aromatic heterocycles. The van der Waals surface area contributed by atoms with Crippen LogP contribution in [0.3, 0.4) is 0 Å². The molecule has 26 heavy (non-hydrogen) atoms. The molecular weight excluding hydrogens is 414 g/mol. The second-order valence-corrected chi connectivity index (χ2v) is 7.54. The Balaban J connectivity index is 1.75. The highest BCUT2D eigenvalue weighted by Crippen LogP contribution is 2.30. The Kier molecular flexibility index (Phi) is 4.42. The third kappa shape index (κ3) is 3.20. The van der Waals surface area contributed by atoms with Gasteiger partial charge in [0.25, 0.3) is 5.56 Å². The molecule has 4 nitrogen and oxygen atoms in total. The SMILES string of the molecule is Cn1cc(-c2ccn(Cc3cccc(Cl)c3)c(=O)c2)c2cc(Br)cnc21. The zero-order valence-corrected chi connectivity index (χ0v) is 16.3. The van der Waals surface area contributed by atoms with Crippen LogP contribution in [-0.4, -0.2) is 14.1 Å². The van der Waals surface area contributed by atoms with Crippen LogP contribution in [0.25, 0.3) is 22.2 Å². The number of halogens is 2. The summed E-state index contributed by atoms with van der Waals surface area (Å²) < 4.78 is 4.55. The van der Waals surface area contributed by atoms with Crippen LogP contribution in [0.15, 0.2) is 70.3 Å². The molecule has 0 amide bonds. The summed E-state index contributed by atoms with van der Waals surface area (Å²) in [5.74, 6) is 0. The number of benzene rings is 1. The highest BCUT2D eigenvalue weighted by Gasteiger charge is 2.11. The van der Waals surface area contributed by atoms with Crippen molar-refractivity contribution in [2.24, 2.45) is 7.05 Å². The first-order chi connectivity index (χ1) is 12.5. The number of hydrogen-bond acceptors (Lipinski definition) is 2. The molecule has 0 saturated heterocycles. The Morgan fingerprint density at radius 3 is 2.81 bits per heavy atom. The van der Waals surface area contributed by atoms with Crippen LogP contribution in [-0.2, 0) is 13.6 Å². The van der Waals surface area contributed by atoms with E-state index in [4.69, 9.17) is 11.6 Å². The third-order valence-corrected chi connectivity index (χ3v) is 5.00. The first-order valence-electron chi connectivity index (χ1n) is 8.07. The second kappa shape index (κ2) is 6.74. The van der Waals surface area contributed by atoms with E-state index in [2.05, 4.69) is 20.9 Å². The number of pyridine rings is 2. The quantitative estimate of drug-likeness (QED) is 0.467. The molecule has 0 aliphatic rings. The Bertz CT molecular complexity index is 1180. The predicted octanol–water partition coefficient (Wildman–Crippen LogP) is 4.87. The molecule has 4 aromatic rings. The number of aromatic nitrogens is 3. The van der Waals surface area contributed by atoms with Crippen molar-refractivity contribution < 1.29 is 0 Å². The summed E-state index contributed by atoms with van der Waals surface area (Å²) in [5.41, 5.74) is 3.69. The van der Waals surface area contributed by atoms with E-state index >= 15 is 0 Å². The van der Waals surface area contributed by atoms with Crippen LogP contribution in [0.1, 0.15) is 5.56 Å². The standard InChI is InChI=1S/C20H15BrClN3O/c1-24-12-18(17-9-15(21)10-23-20(17)24)14-5-6-25(19(26)8-14)11-13-3-2-4-16(22)7-13/h2-10,12H,11H2,1H3. The highest BCUT2D eigenvalue weighted by molar-refractivity contribution is 9.10. The van der Waals surface area contributed by atoms with Crippen molar-refractivity contribution in [3.05, 3.63) is 86.5 Å². The molecule has 0 spiro atoms. The van der Waals surface area contributed by atoms with Gasteiger partial charge in [-0.15, -0.1) is 0 Å². The topological polar surface area (TPSA) is 39.8 Å². The van der Waals surface area contributed by atoms with Crippen molar-refractivity contribution in [1.29, 1.82) is 0 Å². The van der Waals surface area contributed by atoms with Crippen LogP contribution in [0, 0.1) is 0 Å². The highest BCUT2D eigenvalue weighted by atomic mass is 79.9. The van der Waals surface area contributed by atoms with Crippen molar-refractivity contribution in [2.75, 3.05) is 0 Å². The van der Waals surface area contributed by atoms with Crippen molar-refractivity contribution in [2.45, 2.75) is 6.54 Å². The fourth-order valence-electron chi connectivity index (χ4n) is 3.10. The zero-order chi connectivity index (χ0) is 18.3. The van der Waals surface area contributed by atoms with Gasteiger partial charge in [0.15, 0.2) is 0 Å². The Hall–Kier alpha value is -2.37. The Morgan fingerprint density at radius 2 is 2.04 bits per heavy atom. The molecule has 4 rings (SSSR count). The van der Waals surface area contributed by atoms with Gasteiger partial charge in [0.2, 0.25) is 0 Å². The summed E-state index contributed by atoms with van der Waals surface area (Å²) in [7, 11) is 1.95. The van der Waals surface area contributed by atoms with Gasteiger partial charge in [-0.25, -0.2) is 4.98 Å². The summed E-state index contributed by atoms with van der Waals surface area (Å²) in [4.78, 5) is 17.1. The normalized spacial score (nSPS) is 11.2. The number of hydrogen-bond donors (Lipinski definition) is 0. The molecule has 0 saturated carbocycles. The van der Waals surface area contributed by atoms with Crippen LogP contribution in [0.5, 0.6) is 0 Å². The molecule has 1 aromatic carbocycles. The van der Waals surface area contributed by atoms with Crippen molar-refractivity contribution in [3.8, 4) is 11.1 Å². The summed E-state index contributed by atoms with van der Waals surface area (Å²) in [6.07, 6.45) is 5.60. The van der Waals surface area contributed by atoms with Gasteiger partial charge in [0, 0.05) is 52.1 Å². The minimum Gasteiger partial charge on any atom is -0.335 e. The average molecular weight is 429 g/mol. The number of nitrogens with zero attached hydrogens (tertiary/aromatic N) is 3. The molecule has 0 bridgehead atoms. The van der Waals surface area contributed by atoms with E-state index in [1.165, 1.54) is 0 Å². The zero-order valence-electron chi connectivity index (χ0n) is 14.0. The van der Waals surface area contributed by atoms with E-state index in [1.807, 2.05) is 60.4 Å². The minimum absolute atomic E-state index is 0.0533. The maximum absolute atomic E-state index is 12.6. The van der Waals surface area contributed by atoms with Crippen LogP contribution in [0.2, 0.25) is 5.02 Å². The fraction of sp³-hybridized carbons (Fsp3) is 0.100. The van der Waals surface area contributed by atoms with Crippen LogP contribution < -0.4 is 5.56 Å². The van der Waals surface area contributed by atoms with Crippen LogP contribution >= 0.6 is 27.5 Å². The summed E-state index contributed by atoms with van der Waals surface area (Å²) in [6, 6.07) is 13.2. The van der Waals surface area contributed by atoms with E-state index in [0.29, 0.717) is 11.6 Å². The van der Waals surface area contributed by atoms with E-state index in [-0.39, 0.29) is 5.56 Å². The maximum Gasteiger partial charge on any atom is 0.251 e. The van der Waals surface area contributed by atoms with Gasteiger partial charge in [0.05, 0.1) is 6.54 Å². The van der Waals surface area contributed by atoms with Gasteiger partial charge >= 0.3 is 0 Å². The van der Waals surface area contributed by atoms with E-state index in [9.17, 15) is 4.79 Å². The molecule has 3 heterocycles. The van der Waals surface area contributed by atoms with Crippen molar-refractivity contribution >= 4 is 38.6 Å². The molecule has 0 N–H and O–H groups in total.